The molecule has 0 heterocycles. The van der Waals surface area contributed by atoms with E-state index in [-0.39, 0.29) is 28.9 Å². The third-order valence-electron chi connectivity index (χ3n) is 8.25. The lowest BCUT2D eigenvalue weighted by atomic mass is 9.81. The summed E-state index contributed by atoms with van der Waals surface area (Å²) >= 11 is 0. The molecule has 40 heavy (non-hydrogen) atoms. The number of aliphatic carboxylic acids is 1. The predicted octanol–water partition coefficient (Wildman–Crippen LogP) is 7.38. The van der Waals surface area contributed by atoms with Crippen molar-refractivity contribution in [1.29, 1.82) is 0 Å². The Bertz CT molecular complexity index is 1480. The van der Waals surface area contributed by atoms with Gasteiger partial charge in [0.25, 0.3) is 0 Å². The Hall–Kier alpha value is -3.52. The van der Waals surface area contributed by atoms with Gasteiger partial charge in [0.2, 0.25) is 0 Å². The molecule has 3 aromatic rings. The van der Waals surface area contributed by atoms with Gasteiger partial charge in [-0.25, -0.2) is 13.2 Å². The molecule has 1 saturated carbocycles. The maximum absolute atomic E-state index is 15.7. The summed E-state index contributed by atoms with van der Waals surface area (Å²) in [6.45, 7) is 5.95. The summed E-state index contributed by atoms with van der Waals surface area (Å²) in [5.74, 6) is -3.16. The second-order valence-electron chi connectivity index (χ2n) is 11.8. The standard InChI is InChI=1S/C32H33F3O5/c1-31(2,3)29(39-5)22-12-17(6-8-19(22)21-13-18(38-4)7-9-24(21)33)16-40-26-14-25(34)20-10-11-32(27(20)28(26)35)15-23(32)30(36)37/h6-9,12-14,23,29H,10-11,15-16H2,1-5H3,(H,36,37)/t23?,29-,32+/m1/s1. The first kappa shape index (κ1) is 28.0. The minimum Gasteiger partial charge on any atom is -0.497 e. The Labute approximate surface area is 231 Å². The van der Waals surface area contributed by atoms with Crippen LogP contribution in [0, 0.1) is 28.8 Å². The van der Waals surface area contributed by atoms with Gasteiger partial charge >= 0.3 is 5.97 Å². The number of carboxylic acids is 1. The van der Waals surface area contributed by atoms with Crippen LogP contribution in [0.25, 0.3) is 11.1 Å². The highest BCUT2D eigenvalue weighted by molar-refractivity contribution is 5.78. The number of ether oxygens (including phenoxy) is 3. The first-order chi connectivity index (χ1) is 18.9. The topological polar surface area (TPSA) is 65.0 Å². The molecule has 0 saturated heterocycles. The van der Waals surface area contributed by atoms with Crippen molar-refractivity contribution >= 4 is 5.97 Å². The SMILES string of the molecule is COc1ccc(F)c(-c2ccc(COc3cc(F)c4c(c3F)[C@@]3(CC4)CC3C(=O)O)cc2[C@@H](OC)C(C)(C)C)c1. The van der Waals surface area contributed by atoms with Gasteiger partial charge in [-0.1, -0.05) is 32.9 Å². The maximum atomic E-state index is 15.7. The van der Waals surface area contributed by atoms with E-state index < -0.39 is 40.9 Å². The molecule has 1 fully saturated rings. The van der Waals surface area contributed by atoms with Gasteiger partial charge in [-0.05, 0) is 71.2 Å². The second kappa shape index (κ2) is 10.1. The van der Waals surface area contributed by atoms with E-state index in [1.165, 1.54) is 13.2 Å². The number of carbonyl (C=O) groups is 1. The van der Waals surface area contributed by atoms with Crippen LogP contribution >= 0.6 is 0 Å². The molecule has 0 radical (unpaired) electrons. The smallest absolute Gasteiger partial charge is 0.307 e. The van der Waals surface area contributed by atoms with E-state index in [4.69, 9.17) is 14.2 Å². The van der Waals surface area contributed by atoms with E-state index in [1.807, 2.05) is 26.8 Å². The molecule has 8 heteroatoms. The number of hydrogen-bond donors (Lipinski definition) is 1. The van der Waals surface area contributed by atoms with Gasteiger partial charge in [-0.2, -0.15) is 0 Å². The third kappa shape index (κ3) is 4.72. The van der Waals surface area contributed by atoms with Gasteiger partial charge in [0.1, 0.15) is 24.0 Å². The number of halogens is 3. The molecule has 0 aliphatic heterocycles. The number of fused-ring (bicyclic) bond motifs is 2. The molecule has 0 aromatic heterocycles. The normalized spacial score (nSPS) is 20.4. The van der Waals surface area contributed by atoms with Gasteiger partial charge in [-0.3, -0.25) is 4.79 Å². The van der Waals surface area contributed by atoms with E-state index in [1.54, 1.807) is 31.4 Å². The van der Waals surface area contributed by atoms with Gasteiger partial charge in [0.15, 0.2) is 11.6 Å². The Morgan fingerprint density at radius 1 is 1.05 bits per heavy atom. The number of hydrogen-bond acceptors (Lipinski definition) is 4. The summed E-state index contributed by atoms with van der Waals surface area (Å²) in [4.78, 5) is 11.6. The zero-order valence-corrected chi connectivity index (χ0v) is 23.2. The van der Waals surface area contributed by atoms with E-state index in [2.05, 4.69) is 0 Å². The van der Waals surface area contributed by atoms with Crippen molar-refractivity contribution < 1.29 is 37.3 Å². The average molecular weight is 555 g/mol. The molecule has 2 aliphatic rings. The summed E-state index contributed by atoms with van der Waals surface area (Å²) in [5.41, 5.74) is 1.50. The quantitative estimate of drug-likeness (QED) is 0.315. The second-order valence-corrected chi connectivity index (χ2v) is 11.8. The highest BCUT2D eigenvalue weighted by atomic mass is 19.1. The number of methoxy groups -OCH3 is 2. The first-order valence-electron chi connectivity index (χ1n) is 13.3. The molecule has 5 rings (SSSR count). The minimum atomic E-state index is -0.995. The monoisotopic (exact) mass is 554 g/mol. The molecule has 2 aliphatic carbocycles. The molecule has 1 unspecified atom stereocenters. The molecule has 5 nitrogen and oxygen atoms in total. The summed E-state index contributed by atoms with van der Waals surface area (Å²) < 4.78 is 62.7. The summed E-state index contributed by atoms with van der Waals surface area (Å²) in [6.07, 6.45) is 0.586. The van der Waals surface area contributed by atoms with Crippen molar-refractivity contribution in [2.24, 2.45) is 11.3 Å². The Morgan fingerprint density at radius 2 is 1.80 bits per heavy atom. The molecule has 1 spiro atoms. The van der Waals surface area contributed by atoms with Crippen LogP contribution in [-0.2, 0) is 28.0 Å². The van der Waals surface area contributed by atoms with Gasteiger partial charge in [-0.15, -0.1) is 0 Å². The largest absolute Gasteiger partial charge is 0.497 e. The van der Waals surface area contributed by atoms with Crippen molar-refractivity contribution in [2.75, 3.05) is 14.2 Å². The van der Waals surface area contributed by atoms with Gasteiger partial charge in [0, 0.05) is 29.7 Å². The lowest BCUT2D eigenvalue weighted by molar-refractivity contribution is -0.139. The molecule has 0 amide bonds. The van der Waals surface area contributed by atoms with Gasteiger partial charge in [0.05, 0.1) is 19.1 Å². The van der Waals surface area contributed by atoms with Crippen LogP contribution < -0.4 is 9.47 Å². The highest BCUT2D eigenvalue weighted by Gasteiger charge is 2.63. The highest BCUT2D eigenvalue weighted by Crippen LogP contribution is 2.63. The van der Waals surface area contributed by atoms with E-state index in [0.717, 1.165) is 6.07 Å². The van der Waals surface area contributed by atoms with Crippen LogP contribution in [0.4, 0.5) is 13.2 Å². The minimum absolute atomic E-state index is 0.0844. The Morgan fingerprint density at radius 3 is 2.42 bits per heavy atom. The predicted molar refractivity (Wildman–Crippen MR) is 144 cm³/mol. The molecule has 3 atom stereocenters. The molecule has 212 valence electrons. The van der Waals surface area contributed by atoms with E-state index in [9.17, 15) is 14.3 Å². The Kier molecular flexibility index (Phi) is 7.11. The van der Waals surface area contributed by atoms with Crippen LogP contribution in [0.3, 0.4) is 0 Å². The summed E-state index contributed by atoms with van der Waals surface area (Å²) in [6, 6.07) is 10.9. The molecule has 3 aromatic carbocycles. The van der Waals surface area contributed by atoms with Crippen molar-refractivity contribution in [3.05, 3.63) is 82.2 Å². The summed E-state index contributed by atoms with van der Waals surface area (Å²) in [7, 11) is 3.10. The van der Waals surface area contributed by atoms with Crippen LogP contribution in [0.15, 0.2) is 42.5 Å². The zero-order valence-electron chi connectivity index (χ0n) is 23.2. The van der Waals surface area contributed by atoms with Crippen molar-refractivity contribution in [1.82, 2.24) is 0 Å². The first-order valence-corrected chi connectivity index (χ1v) is 13.3. The fraction of sp³-hybridized carbons (Fsp3) is 0.406. The number of carboxylic acid groups (broad SMARTS) is 1. The molecule has 0 bridgehead atoms. The van der Waals surface area contributed by atoms with Crippen LogP contribution in [0.5, 0.6) is 11.5 Å². The number of benzene rings is 3. The lowest BCUT2D eigenvalue weighted by Crippen LogP contribution is -2.21. The Balaban J connectivity index is 1.51. The average Bonchev–Trinajstić information content (AvgIpc) is 3.50. The van der Waals surface area contributed by atoms with Crippen LogP contribution in [-0.4, -0.2) is 25.3 Å². The third-order valence-corrected chi connectivity index (χ3v) is 8.25. The zero-order chi connectivity index (χ0) is 29.0. The fourth-order valence-electron chi connectivity index (χ4n) is 6.27. The maximum Gasteiger partial charge on any atom is 0.307 e. The lowest BCUT2D eigenvalue weighted by Gasteiger charge is -2.32. The molecular formula is C32H33F3O5. The van der Waals surface area contributed by atoms with E-state index >= 15 is 8.78 Å². The summed E-state index contributed by atoms with van der Waals surface area (Å²) in [5, 5.41) is 9.50. The van der Waals surface area contributed by atoms with Crippen molar-refractivity contribution in [3.8, 4) is 22.6 Å². The van der Waals surface area contributed by atoms with Gasteiger partial charge < -0.3 is 19.3 Å². The van der Waals surface area contributed by atoms with Crippen molar-refractivity contribution in [3.63, 3.8) is 0 Å². The number of rotatable bonds is 8. The van der Waals surface area contributed by atoms with Crippen LogP contribution in [0.2, 0.25) is 0 Å². The van der Waals surface area contributed by atoms with Crippen LogP contribution in [0.1, 0.15) is 62.0 Å². The van der Waals surface area contributed by atoms with Crippen molar-refractivity contribution in [2.45, 2.75) is 58.2 Å². The molecule has 1 N–H and O–H groups in total. The molecular weight excluding hydrogens is 521 g/mol. The fourth-order valence-corrected chi connectivity index (χ4v) is 6.27. The van der Waals surface area contributed by atoms with E-state index in [0.29, 0.717) is 47.3 Å².